The van der Waals surface area contributed by atoms with Crippen molar-refractivity contribution in [3.05, 3.63) is 63.6 Å². The van der Waals surface area contributed by atoms with Crippen molar-refractivity contribution in [2.75, 3.05) is 29.4 Å². The summed E-state index contributed by atoms with van der Waals surface area (Å²) in [5.74, 6) is -0.229. The lowest BCUT2D eigenvalue weighted by molar-refractivity contribution is -0.160. The molecule has 8 nitrogen and oxygen atoms in total. The Labute approximate surface area is 254 Å². The molecule has 2 aromatic heterocycles. The molecule has 2 aliphatic heterocycles. The molecule has 224 valence electrons. The number of aryl methyl sites for hydroxylation is 2. The Bertz CT molecular complexity index is 1490. The number of carboxylic acid groups (broad SMARTS) is 1. The Hall–Kier alpha value is -3.23. The Morgan fingerprint density at radius 2 is 1.76 bits per heavy atom. The van der Waals surface area contributed by atoms with E-state index in [9.17, 15) is 9.90 Å². The van der Waals surface area contributed by atoms with Crippen LogP contribution in [0, 0.1) is 19.3 Å². The molecule has 1 saturated heterocycles. The number of hydrogen-bond acceptors (Lipinski definition) is 7. The van der Waals surface area contributed by atoms with Gasteiger partial charge in [0.15, 0.2) is 11.9 Å². The zero-order valence-electron chi connectivity index (χ0n) is 25.8. The molecule has 1 fully saturated rings. The SMILES string of the molecule is Cc1nc(C)c(C(OC(C)(C)C)C(=O)O)c(N2CCC(C)(C)CC2)c1-c1ccc2c(c1)CCN(c1cc(Cl)cnn1)C2. The van der Waals surface area contributed by atoms with Gasteiger partial charge in [0.1, 0.15) is 0 Å². The summed E-state index contributed by atoms with van der Waals surface area (Å²) in [5.41, 5.74) is 7.32. The maximum absolute atomic E-state index is 12.8. The second-order valence-electron chi connectivity index (χ2n) is 13.4. The molecule has 5 rings (SSSR count). The largest absolute Gasteiger partial charge is 0.479 e. The molecule has 0 amide bonds. The van der Waals surface area contributed by atoms with E-state index in [1.807, 2.05) is 40.7 Å². The number of anilines is 2. The van der Waals surface area contributed by atoms with Crippen molar-refractivity contribution >= 4 is 29.1 Å². The number of halogens is 1. The molecule has 0 aliphatic carbocycles. The topological polar surface area (TPSA) is 91.7 Å². The van der Waals surface area contributed by atoms with Crippen molar-refractivity contribution in [2.45, 2.75) is 86.0 Å². The molecule has 3 aromatic rings. The van der Waals surface area contributed by atoms with E-state index in [1.165, 1.54) is 11.1 Å². The zero-order chi connectivity index (χ0) is 30.4. The van der Waals surface area contributed by atoms with Gasteiger partial charge in [-0.2, -0.15) is 5.10 Å². The number of ether oxygens (including phenoxy) is 1. The first-order valence-corrected chi connectivity index (χ1v) is 15.1. The van der Waals surface area contributed by atoms with Gasteiger partial charge in [0.05, 0.1) is 22.5 Å². The summed E-state index contributed by atoms with van der Waals surface area (Å²) >= 11 is 6.18. The number of nitrogens with zero attached hydrogens (tertiary/aromatic N) is 5. The summed E-state index contributed by atoms with van der Waals surface area (Å²) in [6, 6.07) is 8.43. The minimum atomic E-state index is -1.13. The quantitative estimate of drug-likeness (QED) is 0.330. The van der Waals surface area contributed by atoms with Gasteiger partial charge in [0.25, 0.3) is 0 Å². The van der Waals surface area contributed by atoms with E-state index in [0.717, 1.165) is 73.8 Å². The monoisotopic (exact) mass is 591 g/mol. The number of aliphatic carboxylic acids is 1. The molecular formula is C33H42ClN5O3. The predicted molar refractivity (Wildman–Crippen MR) is 167 cm³/mol. The summed E-state index contributed by atoms with van der Waals surface area (Å²) in [6.07, 6.45) is 3.31. The van der Waals surface area contributed by atoms with Crippen LogP contribution >= 0.6 is 11.6 Å². The van der Waals surface area contributed by atoms with Crippen molar-refractivity contribution < 1.29 is 14.6 Å². The van der Waals surface area contributed by atoms with E-state index in [1.54, 1.807) is 6.20 Å². The van der Waals surface area contributed by atoms with Crippen LogP contribution < -0.4 is 9.80 Å². The van der Waals surface area contributed by atoms with Crippen molar-refractivity contribution in [2.24, 2.45) is 5.41 Å². The molecule has 42 heavy (non-hydrogen) atoms. The zero-order valence-corrected chi connectivity index (χ0v) is 26.5. The van der Waals surface area contributed by atoms with Crippen LogP contribution in [0.3, 0.4) is 0 Å². The Morgan fingerprint density at radius 1 is 1.05 bits per heavy atom. The summed E-state index contributed by atoms with van der Waals surface area (Å²) in [7, 11) is 0. The van der Waals surface area contributed by atoms with Crippen LogP contribution in [0.2, 0.25) is 5.02 Å². The molecule has 1 N–H and O–H groups in total. The third-order valence-corrected chi connectivity index (χ3v) is 8.62. The van der Waals surface area contributed by atoms with Crippen LogP contribution in [0.1, 0.15) is 81.6 Å². The smallest absolute Gasteiger partial charge is 0.337 e. The highest BCUT2D eigenvalue weighted by atomic mass is 35.5. The van der Waals surface area contributed by atoms with Gasteiger partial charge < -0.3 is 19.6 Å². The van der Waals surface area contributed by atoms with E-state index < -0.39 is 17.7 Å². The number of pyridine rings is 1. The molecule has 1 atom stereocenters. The maximum Gasteiger partial charge on any atom is 0.337 e. The molecule has 0 radical (unpaired) electrons. The van der Waals surface area contributed by atoms with Gasteiger partial charge in [0, 0.05) is 54.8 Å². The van der Waals surface area contributed by atoms with Gasteiger partial charge in [-0.05, 0) is 76.0 Å². The van der Waals surface area contributed by atoms with Gasteiger partial charge in [-0.3, -0.25) is 4.98 Å². The van der Waals surface area contributed by atoms with Crippen LogP contribution in [0.15, 0.2) is 30.5 Å². The fourth-order valence-corrected chi connectivity index (χ4v) is 6.29. The second-order valence-corrected chi connectivity index (χ2v) is 13.8. The van der Waals surface area contributed by atoms with Crippen LogP contribution in [-0.4, -0.2) is 51.5 Å². The average Bonchev–Trinajstić information content (AvgIpc) is 2.90. The van der Waals surface area contributed by atoms with E-state index >= 15 is 0 Å². The molecule has 1 unspecified atom stereocenters. The van der Waals surface area contributed by atoms with E-state index in [2.05, 4.69) is 52.0 Å². The van der Waals surface area contributed by atoms with E-state index in [0.29, 0.717) is 16.3 Å². The number of aromatic nitrogens is 3. The van der Waals surface area contributed by atoms with Gasteiger partial charge in [0.2, 0.25) is 0 Å². The number of carbonyl (C=O) groups is 1. The highest BCUT2D eigenvalue weighted by Crippen LogP contribution is 2.45. The number of rotatable bonds is 6. The highest BCUT2D eigenvalue weighted by Gasteiger charge is 2.36. The number of piperidine rings is 1. The maximum atomic E-state index is 12.8. The number of benzene rings is 1. The fraction of sp³-hybridized carbons (Fsp3) is 0.515. The summed E-state index contributed by atoms with van der Waals surface area (Å²) in [6.45, 7) is 17.4. The van der Waals surface area contributed by atoms with Gasteiger partial charge in [-0.15, -0.1) is 5.10 Å². The molecule has 2 aliphatic rings. The van der Waals surface area contributed by atoms with Crippen LogP contribution in [0.25, 0.3) is 11.1 Å². The summed E-state index contributed by atoms with van der Waals surface area (Å²) in [4.78, 5) is 22.3. The number of hydrogen-bond donors (Lipinski definition) is 1. The van der Waals surface area contributed by atoms with Crippen molar-refractivity contribution in [1.82, 2.24) is 15.2 Å². The first kappa shape index (κ1) is 30.2. The van der Waals surface area contributed by atoms with Gasteiger partial charge >= 0.3 is 5.97 Å². The van der Waals surface area contributed by atoms with Crippen LogP contribution in [0.4, 0.5) is 11.5 Å². The lowest BCUT2D eigenvalue weighted by atomic mass is 9.81. The second kappa shape index (κ2) is 11.5. The first-order chi connectivity index (χ1) is 19.7. The normalized spacial score (nSPS) is 17.6. The standard InChI is InChI=1S/C33H42ClN5O3/c1-20-27(23-8-9-24-19-39(13-10-22(24)16-23)26-17-25(34)18-35-37-26)29(38-14-11-33(6,7)12-15-38)28(21(2)36-20)30(31(40)41)42-32(3,4)5/h8-9,16-18,30H,10-15,19H2,1-7H3,(H,40,41). The lowest BCUT2D eigenvalue weighted by Gasteiger charge is -2.41. The average molecular weight is 592 g/mol. The number of fused-ring (bicyclic) bond motifs is 1. The van der Waals surface area contributed by atoms with Gasteiger partial charge in [-0.25, -0.2) is 4.79 Å². The molecular weight excluding hydrogens is 550 g/mol. The van der Waals surface area contributed by atoms with Crippen molar-refractivity contribution in [3.63, 3.8) is 0 Å². The first-order valence-electron chi connectivity index (χ1n) is 14.7. The number of carboxylic acids is 1. The van der Waals surface area contributed by atoms with Crippen molar-refractivity contribution in [1.29, 1.82) is 0 Å². The van der Waals surface area contributed by atoms with Crippen LogP contribution in [0.5, 0.6) is 0 Å². The minimum Gasteiger partial charge on any atom is -0.479 e. The molecule has 1 aromatic carbocycles. The Balaban J connectivity index is 1.62. The molecule has 4 heterocycles. The van der Waals surface area contributed by atoms with Crippen molar-refractivity contribution in [3.8, 4) is 11.1 Å². The third-order valence-electron chi connectivity index (χ3n) is 8.41. The lowest BCUT2D eigenvalue weighted by Crippen LogP contribution is -2.39. The predicted octanol–water partition coefficient (Wildman–Crippen LogP) is 6.94. The van der Waals surface area contributed by atoms with Crippen LogP contribution in [-0.2, 0) is 22.5 Å². The van der Waals surface area contributed by atoms with E-state index in [4.69, 9.17) is 21.3 Å². The molecule has 0 saturated carbocycles. The Morgan fingerprint density at radius 3 is 2.40 bits per heavy atom. The highest BCUT2D eigenvalue weighted by molar-refractivity contribution is 6.30. The molecule has 0 spiro atoms. The fourth-order valence-electron chi connectivity index (χ4n) is 6.15. The van der Waals surface area contributed by atoms with E-state index in [-0.39, 0.29) is 5.41 Å². The Kier molecular flexibility index (Phi) is 8.25. The van der Waals surface area contributed by atoms with Gasteiger partial charge in [-0.1, -0.05) is 43.6 Å². The minimum absolute atomic E-state index is 0.243. The molecule has 0 bridgehead atoms. The molecule has 9 heteroatoms. The third kappa shape index (κ3) is 6.40. The summed E-state index contributed by atoms with van der Waals surface area (Å²) < 4.78 is 6.23. The summed E-state index contributed by atoms with van der Waals surface area (Å²) in [5, 5.41) is 19.3.